The van der Waals surface area contributed by atoms with Crippen molar-refractivity contribution in [2.24, 2.45) is 5.73 Å². The van der Waals surface area contributed by atoms with Crippen LogP contribution in [0.25, 0.3) is 17.5 Å². The van der Waals surface area contributed by atoms with Crippen LogP contribution in [0.3, 0.4) is 0 Å². The van der Waals surface area contributed by atoms with Crippen molar-refractivity contribution in [2.75, 3.05) is 14.1 Å². The molecule has 1 aromatic heterocycles. The Morgan fingerprint density at radius 1 is 1.15 bits per heavy atom. The number of nitriles is 1. The maximum absolute atomic E-state index is 13.4. The van der Waals surface area contributed by atoms with Crippen molar-refractivity contribution >= 4 is 57.9 Å². The summed E-state index contributed by atoms with van der Waals surface area (Å²) >= 11 is 13.9. The zero-order valence-electron chi connectivity index (χ0n) is 17.7. The zero-order chi connectivity index (χ0) is 23.9. The summed E-state index contributed by atoms with van der Waals surface area (Å²) in [5.74, 6) is -1.18. The molecule has 4 rings (SSSR count). The summed E-state index contributed by atoms with van der Waals surface area (Å²) < 4.78 is 1.93. The second-order valence-corrected chi connectivity index (χ2v) is 9.40. The molecule has 0 fully saturated rings. The smallest absolute Gasteiger partial charge is 0.274 e. The second-order valence-electron chi connectivity index (χ2n) is 7.56. The SMILES string of the molecule is CN(C)C(=O)C1=c2s/c(=C/c3ccccc3Cl)c(=O)n2C(N)=C(C#N)C1c1ccccc1Cl. The molecule has 166 valence electrons. The molecular formula is C24H18Cl2N4O2S. The molecule has 6 nitrogen and oxygen atoms in total. The van der Waals surface area contributed by atoms with Gasteiger partial charge < -0.3 is 10.6 Å². The van der Waals surface area contributed by atoms with E-state index in [2.05, 4.69) is 6.07 Å². The normalized spacial score (nSPS) is 15.9. The minimum Gasteiger partial charge on any atom is -0.384 e. The number of hydrogen-bond donors (Lipinski definition) is 1. The lowest BCUT2D eigenvalue weighted by Gasteiger charge is -2.27. The fourth-order valence-corrected chi connectivity index (χ4v) is 5.34. The lowest BCUT2D eigenvalue weighted by molar-refractivity contribution is -0.123. The highest BCUT2D eigenvalue weighted by atomic mass is 35.5. The van der Waals surface area contributed by atoms with Gasteiger partial charge in [-0.15, -0.1) is 11.3 Å². The van der Waals surface area contributed by atoms with Gasteiger partial charge in [0.2, 0.25) is 0 Å². The average molecular weight is 497 g/mol. The van der Waals surface area contributed by atoms with Gasteiger partial charge in [0.1, 0.15) is 10.5 Å². The van der Waals surface area contributed by atoms with Crippen molar-refractivity contribution in [3.05, 3.63) is 94.8 Å². The number of carbonyl (C=O) groups is 1. The van der Waals surface area contributed by atoms with Crippen LogP contribution in [0.2, 0.25) is 10.0 Å². The molecule has 1 aliphatic heterocycles. The highest BCUT2D eigenvalue weighted by molar-refractivity contribution is 7.07. The molecule has 2 aromatic carbocycles. The molecule has 9 heteroatoms. The van der Waals surface area contributed by atoms with E-state index < -0.39 is 11.5 Å². The summed E-state index contributed by atoms with van der Waals surface area (Å²) in [6, 6.07) is 16.2. The predicted octanol–water partition coefficient (Wildman–Crippen LogP) is 2.73. The molecule has 0 radical (unpaired) electrons. The first kappa shape index (κ1) is 22.9. The first-order valence-electron chi connectivity index (χ1n) is 9.84. The number of allylic oxidation sites excluding steroid dienone is 1. The van der Waals surface area contributed by atoms with Crippen molar-refractivity contribution in [1.29, 1.82) is 5.26 Å². The van der Waals surface area contributed by atoms with Crippen LogP contribution in [0.5, 0.6) is 0 Å². The summed E-state index contributed by atoms with van der Waals surface area (Å²) in [6.07, 6.45) is 1.65. The van der Waals surface area contributed by atoms with E-state index in [9.17, 15) is 14.9 Å². The standard InChI is InChI=1S/C24H18Cl2N4O2S/c1-29(2)23(32)20-19(14-8-4-6-10-17(14)26)15(12-27)21(28)30-22(31)18(33-24(20)30)11-13-7-3-5-9-16(13)25/h3-11,19H,28H2,1-2H3/b18-11+. The van der Waals surface area contributed by atoms with Crippen molar-refractivity contribution in [3.63, 3.8) is 0 Å². The largest absolute Gasteiger partial charge is 0.384 e. The van der Waals surface area contributed by atoms with Gasteiger partial charge in [-0.05, 0) is 29.3 Å². The number of benzene rings is 2. The Morgan fingerprint density at radius 3 is 2.39 bits per heavy atom. The van der Waals surface area contributed by atoms with Gasteiger partial charge in [0.05, 0.1) is 27.7 Å². The van der Waals surface area contributed by atoms with E-state index in [4.69, 9.17) is 28.9 Å². The van der Waals surface area contributed by atoms with E-state index in [1.807, 2.05) is 6.07 Å². The van der Waals surface area contributed by atoms with Crippen LogP contribution in [-0.2, 0) is 4.79 Å². The Kier molecular flexibility index (Phi) is 6.17. The van der Waals surface area contributed by atoms with E-state index >= 15 is 0 Å². The molecular weight excluding hydrogens is 479 g/mol. The van der Waals surface area contributed by atoms with Crippen LogP contribution < -0.4 is 20.5 Å². The molecule has 2 heterocycles. The fraction of sp³-hybridized carbons (Fsp3) is 0.125. The fourth-order valence-electron chi connectivity index (χ4n) is 3.75. The highest BCUT2D eigenvalue weighted by Crippen LogP contribution is 2.39. The Balaban J connectivity index is 2.16. The first-order chi connectivity index (χ1) is 15.8. The third-order valence-electron chi connectivity index (χ3n) is 5.31. The van der Waals surface area contributed by atoms with E-state index in [1.54, 1.807) is 62.6 Å². The van der Waals surface area contributed by atoms with Gasteiger partial charge in [0, 0.05) is 24.1 Å². The molecule has 1 atom stereocenters. The first-order valence-corrected chi connectivity index (χ1v) is 11.4. The molecule has 2 N–H and O–H groups in total. The molecule has 0 saturated carbocycles. The lowest BCUT2D eigenvalue weighted by Crippen LogP contribution is -2.41. The quantitative estimate of drug-likeness (QED) is 0.603. The second kappa shape index (κ2) is 8.91. The van der Waals surface area contributed by atoms with Gasteiger partial charge in [-0.25, -0.2) is 0 Å². The number of amides is 1. The van der Waals surface area contributed by atoms with Gasteiger partial charge in [0.15, 0.2) is 0 Å². The molecule has 0 saturated heterocycles. The van der Waals surface area contributed by atoms with Crippen LogP contribution in [0, 0.1) is 11.3 Å². The Bertz CT molecular complexity index is 1540. The van der Waals surface area contributed by atoms with Crippen LogP contribution in [0.4, 0.5) is 0 Å². The molecule has 1 unspecified atom stereocenters. The number of fused-ring (bicyclic) bond motifs is 1. The number of hydrogen-bond acceptors (Lipinski definition) is 5. The van der Waals surface area contributed by atoms with Crippen molar-refractivity contribution in [1.82, 2.24) is 9.47 Å². The van der Waals surface area contributed by atoms with Gasteiger partial charge in [-0.3, -0.25) is 14.2 Å². The molecule has 1 amide bonds. The van der Waals surface area contributed by atoms with Gasteiger partial charge >= 0.3 is 0 Å². The summed E-state index contributed by atoms with van der Waals surface area (Å²) in [6.45, 7) is 0. The number of carbonyl (C=O) groups excluding carboxylic acids is 1. The number of thiazole rings is 1. The van der Waals surface area contributed by atoms with Crippen molar-refractivity contribution in [2.45, 2.75) is 5.92 Å². The number of rotatable bonds is 3. The lowest BCUT2D eigenvalue weighted by atomic mass is 9.83. The van der Waals surface area contributed by atoms with Crippen LogP contribution >= 0.6 is 34.5 Å². The van der Waals surface area contributed by atoms with Gasteiger partial charge in [-0.2, -0.15) is 5.26 Å². The zero-order valence-corrected chi connectivity index (χ0v) is 20.0. The monoisotopic (exact) mass is 496 g/mol. The topological polar surface area (TPSA) is 92.1 Å². The Hall–Kier alpha value is -3.31. The van der Waals surface area contributed by atoms with E-state index in [0.717, 1.165) is 11.3 Å². The molecule has 33 heavy (non-hydrogen) atoms. The maximum atomic E-state index is 13.4. The van der Waals surface area contributed by atoms with Crippen LogP contribution in [-0.4, -0.2) is 29.5 Å². The third-order valence-corrected chi connectivity index (χ3v) is 7.11. The Labute approximate surface area is 203 Å². The Morgan fingerprint density at radius 2 is 1.79 bits per heavy atom. The number of nitrogens with two attached hydrogens (primary N) is 1. The third kappa shape index (κ3) is 3.87. The minimum atomic E-state index is -0.815. The molecule has 0 bridgehead atoms. The van der Waals surface area contributed by atoms with Gasteiger partial charge in [0.25, 0.3) is 11.5 Å². The predicted molar refractivity (Wildman–Crippen MR) is 132 cm³/mol. The van der Waals surface area contributed by atoms with Crippen molar-refractivity contribution in [3.8, 4) is 6.07 Å². The summed E-state index contributed by atoms with van der Waals surface area (Å²) in [5.41, 5.74) is 7.50. The minimum absolute atomic E-state index is 0.0206. The molecule has 0 aliphatic carbocycles. The number of aromatic nitrogens is 1. The van der Waals surface area contributed by atoms with E-state index in [1.165, 1.54) is 9.47 Å². The average Bonchev–Trinajstić information content (AvgIpc) is 3.11. The molecule has 3 aromatic rings. The molecule has 1 aliphatic rings. The maximum Gasteiger partial charge on any atom is 0.274 e. The summed E-state index contributed by atoms with van der Waals surface area (Å²) in [5, 5.41) is 10.9. The highest BCUT2D eigenvalue weighted by Gasteiger charge is 2.37. The van der Waals surface area contributed by atoms with Crippen molar-refractivity contribution < 1.29 is 4.79 Å². The van der Waals surface area contributed by atoms with E-state index in [0.29, 0.717) is 30.4 Å². The van der Waals surface area contributed by atoms with E-state index in [-0.39, 0.29) is 22.9 Å². The van der Waals surface area contributed by atoms with Crippen LogP contribution in [0.15, 0.2) is 58.9 Å². The summed E-state index contributed by atoms with van der Waals surface area (Å²) in [4.78, 5) is 28.2. The number of halogens is 2. The van der Waals surface area contributed by atoms with Gasteiger partial charge in [-0.1, -0.05) is 59.6 Å². The number of nitrogens with zero attached hydrogens (tertiary/aromatic N) is 3. The molecule has 0 spiro atoms. The summed E-state index contributed by atoms with van der Waals surface area (Å²) in [7, 11) is 3.22. The van der Waals surface area contributed by atoms with Crippen LogP contribution in [0.1, 0.15) is 17.0 Å².